The molecule has 0 saturated carbocycles. The number of hydrogen-bond acceptors (Lipinski definition) is 5. The number of nitrogens with one attached hydrogen (secondary N) is 2. The minimum absolute atomic E-state index is 0.100. The van der Waals surface area contributed by atoms with Crippen molar-refractivity contribution in [3.05, 3.63) is 66.9 Å². The van der Waals surface area contributed by atoms with Gasteiger partial charge >= 0.3 is 6.36 Å². The van der Waals surface area contributed by atoms with Crippen molar-refractivity contribution in [1.29, 1.82) is 0 Å². The van der Waals surface area contributed by atoms with Gasteiger partial charge in [0.05, 0.1) is 18.0 Å². The molecule has 3 N–H and O–H groups in total. The molecule has 0 aliphatic heterocycles. The summed E-state index contributed by atoms with van der Waals surface area (Å²) in [4.78, 5) is 13.5. The van der Waals surface area contributed by atoms with Gasteiger partial charge in [-0.25, -0.2) is 0 Å². The van der Waals surface area contributed by atoms with Gasteiger partial charge in [0.1, 0.15) is 5.75 Å². The van der Waals surface area contributed by atoms with E-state index in [1.807, 2.05) is 13.0 Å². The summed E-state index contributed by atoms with van der Waals surface area (Å²) in [5, 5.41) is 15.2. The first-order chi connectivity index (χ1) is 15.1. The molecule has 0 fully saturated rings. The molecule has 0 aromatic heterocycles. The highest BCUT2D eigenvalue weighted by atomic mass is 19.4. The Morgan fingerprint density at radius 1 is 1.25 bits per heavy atom. The number of aliphatic hydroxyl groups excluding tert-OH is 1. The lowest BCUT2D eigenvalue weighted by molar-refractivity contribution is -0.274. The number of rotatable bonds is 10. The predicted octanol–water partition coefficient (Wildman–Crippen LogP) is 4.35. The number of aliphatic hydroxyl groups is 1. The fourth-order valence-corrected chi connectivity index (χ4v) is 3.26. The van der Waals surface area contributed by atoms with Crippen molar-refractivity contribution in [2.75, 3.05) is 30.4 Å². The summed E-state index contributed by atoms with van der Waals surface area (Å²) in [6.07, 6.45) is -2.00. The van der Waals surface area contributed by atoms with E-state index in [4.69, 9.17) is 0 Å². The van der Waals surface area contributed by atoms with Crippen molar-refractivity contribution in [2.24, 2.45) is 0 Å². The van der Waals surface area contributed by atoms with Gasteiger partial charge in [-0.2, -0.15) is 0 Å². The molecule has 0 heterocycles. The highest BCUT2D eigenvalue weighted by molar-refractivity contribution is 5.89. The maximum Gasteiger partial charge on any atom is 0.573 e. The number of nitrogens with zero attached hydrogens (tertiary/aromatic N) is 1. The van der Waals surface area contributed by atoms with E-state index in [-0.39, 0.29) is 31.4 Å². The quantitative estimate of drug-likeness (QED) is 0.471. The average molecular weight is 449 g/mol. The van der Waals surface area contributed by atoms with Crippen LogP contribution in [0, 0.1) is 6.92 Å². The molecule has 0 saturated heterocycles. The topological polar surface area (TPSA) is 73.8 Å². The summed E-state index contributed by atoms with van der Waals surface area (Å²) in [5.74, 6) is -0.672. The van der Waals surface area contributed by atoms with E-state index in [2.05, 4.69) is 28.5 Å². The van der Waals surface area contributed by atoms with Crippen molar-refractivity contribution in [3.63, 3.8) is 0 Å². The van der Waals surface area contributed by atoms with Crippen LogP contribution in [0.5, 0.6) is 5.75 Å². The minimum Gasteiger partial charge on any atom is -0.406 e. The predicted molar refractivity (Wildman–Crippen MR) is 120 cm³/mol. The Balaban J connectivity index is 2.62. The molecule has 0 unspecified atom stereocenters. The summed E-state index contributed by atoms with van der Waals surface area (Å²) in [6, 6.07) is 7.41. The summed E-state index contributed by atoms with van der Waals surface area (Å²) in [5.41, 5.74) is 4.42. The molecule has 172 valence electrons. The van der Waals surface area contributed by atoms with Crippen LogP contribution in [-0.2, 0) is 11.3 Å². The second kappa shape index (κ2) is 10.7. The molecule has 6 nitrogen and oxygen atoms in total. The summed E-state index contributed by atoms with van der Waals surface area (Å²) in [6.45, 7) is 9.47. The van der Waals surface area contributed by atoms with Crippen LogP contribution in [0.25, 0.3) is 11.1 Å². The molecule has 2 aromatic carbocycles. The smallest absolute Gasteiger partial charge is 0.406 e. The molecule has 0 spiro atoms. The molecular weight excluding hydrogens is 423 g/mol. The fourth-order valence-electron chi connectivity index (χ4n) is 3.26. The maximum absolute atomic E-state index is 12.5. The van der Waals surface area contributed by atoms with Gasteiger partial charge in [0, 0.05) is 20.1 Å². The summed E-state index contributed by atoms with van der Waals surface area (Å²) < 4.78 is 41.4. The Morgan fingerprint density at radius 3 is 2.44 bits per heavy atom. The zero-order valence-electron chi connectivity index (χ0n) is 17.9. The number of halogens is 3. The Labute approximate surface area is 185 Å². The molecule has 0 aliphatic rings. The highest BCUT2D eigenvalue weighted by Crippen LogP contribution is 2.40. The van der Waals surface area contributed by atoms with Crippen LogP contribution in [0.3, 0.4) is 0 Å². The van der Waals surface area contributed by atoms with E-state index in [0.29, 0.717) is 16.8 Å². The van der Waals surface area contributed by atoms with Gasteiger partial charge in [0.2, 0.25) is 5.91 Å². The molecule has 2 rings (SSSR count). The van der Waals surface area contributed by atoms with E-state index in [1.54, 1.807) is 18.1 Å². The fraction of sp³-hybridized carbons (Fsp3) is 0.261. The molecule has 9 heteroatoms. The van der Waals surface area contributed by atoms with Crippen LogP contribution >= 0.6 is 0 Å². The van der Waals surface area contributed by atoms with Crippen molar-refractivity contribution in [2.45, 2.75) is 19.8 Å². The van der Waals surface area contributed by atoms with Gasteiger partial charge in [-0.05, 0) is 59.7 Å². The van der Waals surface area contributed by atoms with Crippen molar-refractivity contribution >= 4 is 17.3 Å². The molecule has 0 bridgehead atoms. The van der Waals surface area contributed by atoms with Crippen molar-refractivity contribution < 1.29 is 27.8 Å². The van der Waals surface area contributed by atoms with E-state index < -0.39 is 6.36 Å². The monoisotopic (exact) mass is 449 g/mol. The SMILES string of the molecule is C=CC(=O)NCc1cc(-c2ccc(OC(F)(F)F)cc2)c(C)c(N(C)C=C)c1NCCO. The first kappa shape index (κ1) is 24.8. The zero-order chi connectivity index (χ0) is 23.9. The number of ether oxygens (including phenoxy) is 1. The van der Waals surface area contributed by atoms with Gasteiger partial charge in [0.15, 0.2) is 0 Å². The number of hydrogen-bond donors (Lipinski definition) is 3. The Bertz CT molecular complexity index is 973. The van der Waals surface area contributed by atoms with Gasteiger partial charge in [-0.15, -0.1) is 13.2 Å². The summed E-state index contributed by atoms with van der Waals surface area (Å²) >= 11 is 0. The van der Waals surface area contributed by atoms with Crippen molar-refractivity contribution in [1.82, 2.24) is 5.32 Å². The highest BCUT2D eigenvalue weighted by Gasteiger charge is 2.31. The Kier molecular flexibility index (Phi) is 8.31. The molecule has 0 atom stereocenters. The number of amides is 1. The number of alkyl halides is 3. The van der Waals surface area contributed by atoms with Crippen molar-refractivity contribution in [3.8, 4) is 16.9 Å². The minimum atomic E-state index is -4.77. The van der Waals surface area contributed by atoms with E-state index in [0.717, 1.165) is 22.9 Å². The second-order valence-corrected chi connectivity index (χ2v) is 6.87. The van der Waals surface area contributed by atoms with Crippen LogP contribution in [0.15, 0.2) is 55.8 Å². The molecule has 0 radical (unpaired) electrons. The van der Waals surface area contributed by atoms with Gasteiger partial charge < -0.3 is 25.4 Å². The third-order valence-corrected chi connectivity index (χ3v) is 4.71. The lowest BCUT2D eigenvalue weighted by Gasteiger charge is -2.27. The standard InChI is InChI=1S/C23H26F3N3O3/c1-5-20(31)28-14-17-13-19(16-7-9-18(10-8-16)32-23(24,25)26)15(3)22(29(4)6-2)21(17)27-11-12-30/h5-10,13,27,30H,1-2,11-12,14H2,3-4H3,(H,28,31). The van der Waals surface area contributed by atoms with Gasteiger partial charge in [0.25, 0.3) is 0 Å². The van der Waals surface area contributed by atoms with E-state index in [9.17, 15) is 23.1 Å². The molecular formula is C23H26F3N3O3. The largest absolute Gasteiger partial charge is 0.573 e. The lowest BCUT2D eigenvalue weighted by Crippen LogP contribution is -2.23. The summed E-state index contributed by atoms with van der Waals surface area (Å²) in [7, 11) is 1.80. The van der Waals surface area contributed by atoms with Crippen LogP contribution in [0.1, 0.15) is 11.1 Å². The van der Waals surface area contributed by atoms with Gasteiger partial charge in [-0.3, -0.25) is 4.79 Å². The Morgan fingerprint density at radius 2 is 1.91 bits per heavy atom. The number of carbonyl (C=O) groups is 1. The van der Waals surface area contributed by atoms with Crippen LogP contribution in [0.4, 0.5) is 24.5 Å². The molecule has 32 heavy (non-hydrogen) atoms. The second-order valence-electron chi connectivity index (χ2n) is 6.87. The third-order valence-electron chi connectivity index (χ3n) is 4.71. The number of carbonyl (C=O) groups excluding carboxylic acids is 1. The molecule has 0 aliphatic carbocycles. The van der Waals surface area contributed by atoms with Crippen LogP contribution < -0.4 is 20.3 Å². The first-order valence-electron chi connectivity index (χ1n) is 9.74. The average Bonchev–Trinajstić information content (AvgIpc) is 2.75. The molecule has 2 aromatic rings. The zero-order valence-corrected chi connectivity index (χ0v) is 17.9. The normalized spacial score (nSPS) is 10.9. The Hall–Kier alpha value is -3.46. The molecule has 1 amide bonds. The first-order valence-corrected chi connectivity index (χ1v) is 9.74. The van der Waals surface area contributed by atoms with Crippen LogP contribution in [-0.4, -0.2) is 37.6 Å². The maximum atomic E-state index is 12.5. The van der Waals surface area contributed by atoms with E-state index >= 15 is 0 Å². The number of anilines is 2. The van der Waals surface area contributed by atoms with E-state index in [1.165, 1.54) is 24.3 Å². The third kappa shape index (κ3) is 6.27. The van der Waals surface area contributed by atoms with Crippen LogP contribution in [0.2, 0.25) is 0 Å². The van der Waals surface area contributed by atoms with Gasteiger partial charge in [-0.1, -0.05) is 25.3 Å². The number of benzene rings is 2. The lowest BCUT2D eigenvalue weighted by atomic mass is 9.94.